The zero-order valence-corrected chi connectivity index (χ0v) is 13.7. The van der Waals surface area contributed by atoms with Gasteiger partial charge < -0.3 is 4.90 Å². The summed E-state index contributed by atoms with van der Waals surface area (Å²) in [7, 11) is 0. The number of carbonyl (C=O) groups excluding carboxylic acids is 1. The van der Waals surface area contributed by atoms with Gasteiger partial charge in [0.05, 0.1) is 12.2 Å². The molecule has 2 aliphatic heterocycles. The molecule has 1 atom stereocenters. The number of alkyl halides is 1. The number of pyridine rings is 1. The fourth-order valence-electron chi connectivity index (χ4n) is 3.49. The van der Waals surface area contributed by atoms with Gasteiger partial charge in [-0.15, -0.1) is 0 Å². The van der Waals surface area contributed by atoms with Crippen molar-refractivity contribution in [3.8, 4) is 17.5 Å². The van der Waals surface area contributed by atoms with Crippen LogP contribution in [0.1, 0.15) is 12.0 Å². The minimum Gasteiger partial charge on any atom is -0.307 e. The number of benzene rings is 1. The molecule has 0 N–H and O–H groups in total. The van der Waals surface area contributed by atoms with Gasteiger partial charge in [-0.1, -0.05) is 36.4 Å². The van der Waals surface area contributed by atoms with Crippen LogP contribution in [0.25, 0.3) is 11.3 Å². The van der Waals surface area contributed by atoms with E-state index < -0.39 is 11.6 Å². The van der Waals surface area contributed by atoms with Crippen LogP contribution in [0.5, 0.6) is 0 Å². The zero-order chi connectivity index (χ0) is 17.4. The molecule has 1 unspecified atom stereocenters. The minimum absolute atomic E-state index is 0.0452. The van der Waals surface area contributed by atoms with Gasteiger partial charge in [0.2, 0.25) is 5.67 Å². The van der Waals surface area contributed by atoms with Gasteiger partial charge in [-0.05, 0) is 18.1 Å². The predicted molar refractivity (Wildman–Crippen MR) is 91.4 cm³/mol. The SMILES string of the molecule is N#CN1CCC(F)(C(=O)N2CCc3ccc(-c4ccccc4)nc32)C1. The van der Waals surface area contributed by atoms with Crippen molar-refractivity contribution in [2.45, 2.75) is 18.5 Å². The molecule has 3 heterocycles. The van der Waals surface area contributed by atoms with Gasteiger partial charge in [-0.25, -0.2) is 9.37 Å². The van der Waals surface area contributed by atoms with Crippen LogP contribution < -0.4 is 4.90 Å². The number of anilines is 1. The van der Waals surface area contributed by atoms with Crippen LogP contribution in [0.15, 0.2) is 42.5 Å². The van der Waals surface area contributed by atoms with Crippen LogP contribution in [0.3, 0.4) is 0 Å². The highest BCUT2D eigenvalue weighted by atomic mass is 19.1. The Morgan fingerprint density at radius 2 is 2.00 bits per heavy atom. The van der Waals surface area contributed by atoms with Crippen LogP contribution in [0.2, 0.25) is 0 Å². The first-order valence-electron chi connectivity index (χ1n) is 8.32. The predicted octanol–water partition coefficient (Wildman–Crippen LogP) is 2.53. The zero-order valence-electron chi connectivity index (χ0n) is 13.7. The lowest BCUT2D eigenvalue weighted by Crippen LogP contribution is -2.47. The summed E-state index contributed by atoms with van der Waals surface area (Å²) < 4.78 is 15.1. The van der Waals surface area contributed by atoms with E-state index in [1.807, 2.05) is 48.7 Å². The fourth-order valence-corrected chi connectivity index (χ4v) is 3.49. The maximum atomic E-state index is 15.1. The second kappa shape index (κ2) is 5.85. The number of amides is 1. The van der Waals surface area contributed by atoms with E-state index in [2.05, 4.69) is 4.98 Å². The first-order chi connectivity index (χ1) is 12.1. The maximum Gasteiger partial charge on any atom is 0.267 e. The third-order valence-corrected chi connectivity index (χ3v) is 4.88. The molecule has 5 nitrogen and oxygen atoms in total. The summed E-state index contributed by atoms with van der Waals surface area (Å²) in [5, 5.41) is 8.94. The molecule has 1 aromatic heterocycles. The quantitative estimate of drug-likeness (QED) is 0.791. The molecule has 1 saturated heterocycles. The van der Waals surface area contributed by atoms with Crippen molar-refractivity contribution < 1.29 is 9.18 Å². The van der Waals surface area contributed by atoms with Crippen molar-refractivity contribution in [1.82, 2.24) is 9.88 Å². The summed E-state index contributed by atoms with van der Waals surface area (Å²) in [6.45, 7) is 0.529. The van der Waals surface area contributed by atoms with Gasteiger partial charge in [0.25, 0.3) is 5.91 Å². The molecule has 1 amide bonds. The van der Waals surface area contributed by atoms with E-state index in [0.29, 0.717) is 18.8 Å². The van der Waals surface area contributed by atoms with Gasteiger partial charge >= 0.3 is 0 Å². The second-order valence-corrected chi connectivity index (χ2v) is 6.49. The van der Waals surface area contributed by atoms with Gasteiger partial charge in [0.15, 0.2) is 6.19 Å². The van der Waals surface area contributed by atoms with Crippen molar-refractivity contribution >= 4 is 11.7 Å². The molecule has 2 aliphatic rings. The largest absolute Gasteiger partial charge is 0.307 e. The number of nitrogens with zero attached hydrogens (tertiary/aromatic N) is 4. The molecule has 1 aromatic carbocycles. The van der Waals surface area contributed by atoms with Gasteiger partial charge in [0, 0.05) is 25.1 Å². The van der Waals surface area contributed by atoms with Crippen molar-refractivity contribution in [1.29, 1.82) is 5.26 Å². The van der Waals surface area contributed by atoms with E-state index >= 15 is 4.39 Å². The van der Waals surface area contributed by atoms with Crippen LogP contribution >= 0.6 is 0 Å². The number of carbonyl (C=O) groups is 1. The van der Waals surface area contributed by atoms with E-state index in [1.165, 1.54) is 9.80 Å². The number of likely N-dealkylation sites (tertiary alicyclic amines) is 1. The first kappa shape index (κ1) is 15.6. The summed E-state index contributed by atoms with van der Waals surface area (Å²) in [5.74, 6) is -0.0412. The summed E-state index contributed by atoms with van der Waals surface area (Å²) in [6.07, 6.45) is 2.63. The molecule has 0 bridgehead atoms. The lowest BCUT2D eigenvalue weighted by atomic mass is 10.0. The van der Waals surface area contributed by atoms with Crippen LogP contribution in [-0.2, 0) is 11.2 Å². The van der Waals surface area contributed by atoms with Crippen molar-refractivity contribution in [3.05, 3.63) is 48.0 Å². The molecule has 0 aliphatic carbocycles. The van der Waals surface area contributed by atoms with Crippen molar-refractivity contribution in [2.24, 2.45) is 0 Å². The highest BCUT2D eigenvalue weighted by molar-refractivity contribution is 6.01. The molecule has 6 heteroatoms. The first-order valence-corrected chi connectivity index (χ1v) is 8.32. The Morgan fingerprint density at radius 3 is 2.72 bits per heavy atom. The summed E-state index contributed by atoms with van der Waals surface area (Å²) in [6, 6.07) is 13.6. The lowest BCUT2D eigenvalue weighted by molar-refractivity contribution is -0.129. The molecule has 4 rings (SSSR count). The second-order valence-electron chi connectivity index (χ2n) is 6.49. The Morgan fingerprint density at radius 1 is 1.20 bits per heavy atom. The van der Waals surface area contributed by atoms with E-state index in [1.54, 1.807) is 0 Å². The molecule has 2 aromatic rings. The molecule has 0 saturated carbocycles. The molecule has 25 heavy (non-hydrogen) atoms. The van der Waals surface area contributed by atoms with E-state index in [0.717, 1.165) is 16.8 Å². The Labute approximate surface area is 145 Å². The van der Waals surface area contributed by atoms with Crippen LogP contribution in [0.4, 0.5) is 10.2 Å². The summed E-state index contributed by atoms with van der Waals surface area (Å²) in [4.78, 5) is 20.2. The average molecular weight is 336 g/mol. The smallest absolute Gasteiger partial charge is 0.267 e. The van der Waals surface area contributed by atoms with Crippen LogP contribution in [-0.4, -0.2) is 41.1 Å². The third-order valence-electron chi connectivity index (χ3n) is 4.88. The maximum absolute atomic E-state index is 15.1. The average Bonchev–Trinajstić information content (AvgIpc) is 3.25. The molecular formula is C19H17FN4O. The standard InChI is InChI=1S/C19H17FN4O/c20-19(9-11-23(12-19)13-21)18(25)24-10-8-15-6-7-16(22-17(15)24)14-4-2-1-3-5-14/h1-7H,8-12H2. The highest BCUT2D eigenvalue weighted by Crippen LogP contribution is 2.34. The number of hydrogen-bond acceptors (Lipinski definition) is 4. The number of fused-ring (bicyclic) bond motifs is 1. The van der Waals surface area contributed by atoms with E-state index in [-0.39, 0.29) is 19.5 Å². The van der Waals surface area contributed by atoms with Gasteiger partial charge in [-0.2, -0.15) is 5.26 Å². The van der Waals surface area contributed by atoms with Crippen LogP contribution in [0, 0.1) is 11.5 Å². The number of nitriles is 1. The summed E-state index contributed by atoms with van der Waals surface area (Å²) >= 11 is 0. The molecule has 126 valence electrons. The van der Waals surface area contributed by atoms with E-state index in [4.69, 9.17) is 5.26 Å². The topological polar surface area (TPSA) is 60.2 Å². The van der Waals surface area contributed by atoms with Gasteiger partial charge in [-0.3, -0.25) is 9.69 Å². The Bertz CT molecular complexity index is 863. The summed E-state index contributed by atoms with van der Waals surface area (Å²) in [5.41, 5.74) is 0.654. The van der Waals surface area contributed by atoms with E-state index in [9.17, 15) is 4.79 Å². The third kappa shape index (κ3) is 2.62. The number of rotatable bonds is 2. The number of aromatic nitrogens is 1. The molecule has 0 spiro atoms. The van der Waals surface area contributed by atoms with Gasteiger partial charge in [0.1, 0.15) is 5.82 Å². The highest BCUT2D eigenvalue weighted by Gasteiger charge is 2.49. The van der Waals surface area contributed by atoms with Crippen molar-refractivity contribution in [3.63, 3.8) is 0 Å². The molecule has 1 fully saturated rings. The monoisotopic (exact) mass is 336 g/mol. The normalized spacial score (nSPS) is 21.9. The Kier molecular flexibility index (Phi) is 3.65. The molecule has 0 radical (unpaired) electrons. The lowest BCUT2D eigenvalue weighted by Gasteiger charge is -2.25. The minimum atomic E-state index is -2.01. The van der Waals surface area contributed by atoms with Crippen molar-refractivity contribution in [2.75, 3.05) is 24.5 Å². The number of hydrogen-bond donors (Lipinski definition) is 0. The molecular weight excluding hydrogens is 319 g/mol. The fraction of sp³-hybridized carbons (Fsp3) is 0.316. The Balaban J connectivity index is 1.65. The number of halogens is 1. The Hall–Kier alpha value is -2.94.